The topological polar surface area (TPSA) is 52.6 Å². The summed E-state index contributed by atoms with van der Waals surface area (Å²) < 4.78 is 38.2. The van der Waals surface area contributed by atoms with Crippen molar-refractivity contribution in [3.63, 3.8) is 0 Å². The fourth-order valence-corrected chi connectivity index (χ4v) is 11.7. The Morgan fingerprint density at radius 3 is 2.33 bits per heavy atom. The molecule has 8 atom stereocenters. The molecular formula is C18H17BrO4S. The van der Waals surface area contributed by atoms with Crippen molar-refractivity contribution < 1.29 is 17.9 Å². The van der Waals surface area contributed by atoms with Crippen LogP contribution in [0.25, 0.3) is 0 Å². The molecule has 1 heterocycles. The fourth-order valence-electron chi connectivity index (χ4n) is 7.93. The Labute approximate surface area is 148 Å². The molecular weight excluding hydrogens is 392 g/mol. The zero-order valence-electron chi connectivity index (χ0n) is 12.9. The summed E-state index contributed by atoms with van der Waals surface area (Å²) in [5.41, 5.74) is -0.0151. The molecule has 1 aromatic rings. The second-order valence-corrected chi connectivity index (χ2v) is 11.8. The van der Waals surface area contributed by atoms with E-state index in [2.05, 4.69) is 15.9 Å². The lowest BCUT2D eigenvalue weighted by atomic mass is 9.95. The summed E-state index contributed by atoms with van der Waals surface area (Å²) in [7, 11) is -3.24. The summed E-state index contributed by atoms with van der Waals surface area (Å²) in [6.07, 6.45) is 0. The monoisotopic (exact) mass is 408 g/mol. The quantitative estimate of drug-likeness (QED) is 0.718. The molecule has 0 N–H and O–H groups in total. The predicted molar refractivity (Wildman–Crippen MR) is 88.2 cm³/mol. The van der Waals surface area contributed by atoms with E-state index in [0.29, 0.717) is 59.4 Å². The number of hydrogen-bond acceptors (Lipinski definition) is 4. The Hall–Kier alpha value is -0.430. The van der Waals surface area contributed by atoms with Gasteiger partial charge in [-0.3, -0.25) is 0 Å². The molecule has 0 aromatic heterocycles. The van der Waals surface area contributed by atoms with E-state index < -0.39 is 15.6 Å². The molecule has 6 saturated carbocycles. The molecule has 4 nitrogen and oxygen atoms in total. The summed E-state index contributed by atoms with van der Waals surface area (Å²) in [6.45, 7) is 1.34. The molecule has 1 saturated heterocycles. The third kappa shape index (κ3) is 1.04. The molecule has 1 spiro atoms. The van der Waals surface area contributed by atoms with Gasteiger partial charge in [-0.05, 0) is 47.1 Å². The smallest absolute Gasteiger partial charge is 0.187 e. The van der Waals surface area contributed by atoms with Gasteiger partial charge in [0, 0.05) is 5.92 Å². The maximum Gasteiger partial charge on any atom is 0.187 e. The summed E-state index contributed by atoms with van der Waals surface area (Å²) in [6, 6.07) is 8.93. The lowest BCUT2D eigenvalue weighted by Gasteiger charge is -2.37. The normalized spacial score (nSPS) is 56.2. The van der Waals surface area contributed by atoms with Crippen molar-refractivity contribution in [3.8, 4) is 0 Å². The van der Waals surface area contributed by atoms with E-state index >= 15 is 0 Å². The van der Waals surface area contributed by atoms with Gasteiger partial charge in [-0.2, -0.15) is 0 Å². The molecule has 2 bridgehead atoms. The van der Waals surface area contributed by atoms with Crippen molar-refractivity contribution >= 4 is 25.8 Å². The minimum atomic E-state index is -3.24. The highest BCUT2D eigenvalue weighted by atomic mass is 79.9. The van der Waals surface area contributed by atoms with Crippen LogP contribution in [-0.4, -0.2) is 37.5 Å². The van der Waals surface area contributed by atoms with E-state index in [1.165, 1.54) is 0 Å². The SMILES string of the molecule is O=S(=O)(C[C@]12[C@@H]3[C@@H]4[C@H]5[C@@H]1[C@H]2[C@@](Br)([C@@H]43)C51OCCO1)c1ccccc1. The van der Waals surface area contributed by atoms with Crippen molar-refractivity contribution in [3.05, 3.63) is 30.3 Å². The Kier molecular flexibility index (Phi) is 2.02. The Morgan fingerprint density at radius 1 is 1.04 bits per heavy atom. The molecule has 126 valence electrons. The third-order valence-corrected chi connectivity index (χ3v) is 11.6. The van der Waals surface area contributed by atoms with Gasteiger partial charge in [0.05, 0.1) is 28.2 Å². The first kappa shape index (κ1) is 13.7. The summed E-state index contributed by atoms with van der Waals surface area (Å²) in [5.74, 6) is 2.87. The molecule has 6 heteroatoms. The van der Waals surface area contributed by atoms with Gasteiger partial charge in [-0.1, -0.05) is 34.1 Å². The van der Waals surface area contributed by atoms with Gasteiger partial charge < -0.3 is 9.47 Å². The predicted octanol–water partition coefficient (Wildman–Crippen LogP) is 2.09. The fraction of sp³-hybridized carbons (Fsp3) is 0.667. The first-order valence-corrected chi connectivity index (χ1v) is 11.2. The highest BCUT2D eigenvalue weighted by molar-refractivity contribution is 9.10. The van der Waals surface area contributed by atoms with Crippen molar-refractivity contribution in [2.75, 3.05) is 19.0 Å². The Balaban J connectivity index is 1.31. The maximum atomic E-state index is 13.0. The second kappa shape index (κ2) is 3.53. The lowest BCUT2D eigenvalue weighted by Crippen LogP contribution is -2.50. The lowest BCUT2D eigenvalue weighted by molar-refractivity contribution is -0.192. The molecule has 1 aliphatic heterocycles. The van der Waals surface area contributed by atoms with E-state index in [-0.39, 0.29) is 9.74 Å². The minimum absolute atomic E-state index is 0.0151. The van der Waals surface area contributed by atoms with Gasteiger partial charge in [0.25, 0.3) is 0 Å². The number of hydrogen-bond donors (Lipinski definition) is 0. The largest absolute Gasteiger partial charge is 0.346 e. The number of alkyl halides is 1. The van der Waals surface area contributed by atoms with Gasteiger partial charge in [-0.15, -0.1) is 0 Å². The molecule has 0 radical (unpaired) electrons. The number of rotatable bonds is 3. The Morgan fingerprint density at radius 2 is 1.75 bits per heavy atom. The van der Waals surface area contributed by atoms with Gasteiger partial charge in [-0.25, -0.2) is 8.42 Å². The van der Waals surface area contributed by atoms with Crippen molar-refractivity contribution in [2.45, 2.75) is 15.0 Å². The van der Waals surface area contributed by atoms with E-state index in [1.54, 1.807) is 12.1 Å². The average Bonchev–Trinajstić information content (AvgIpc) is 3.25. The van der Waals surface area contributed by atoms with Crippen LogP contribution >= 0.6 is 15.9 Å². The molecule has 7 fully saturated rings. The number of ether oxygens (including phenoxy) is 2. The highest BCUT2D eigenvalue weighted by Crippen LogP contribution is 3.04. The van der Waals surface area contributed by atoms with E-state index in [4.69, 9.17) is 9.47 Å². The number of halogens is 1. The van der Waals surface area contributed by atoms with Crippen LogP contribution in [0.3, 0.4) is 0 Å². The Bertz CT molecular complexity index is 895. The van der Waals surface area contributed by atoms with Gasteiger partial charge in [0.15, 0.2) is 15.6 Å². The summed E-state index contributed by atoms with van der Waals surface area (Å²) in [5, 5.41) is 0. The molecule has 0 unspecified atom stereocenters. The average molecular weight is 409 g/mol. The van der Waals surface area contributed by atoms with Gasteiger partial charge in [0.1, 0.15) is 0 Å². The second-order valence-electron chi connectivity index (χ2n) is 8.48. The molecule has 6 aliphatic carbocycles. The first-order valence-electron chi connectivity index (χ1n) is 8.75. The van der Waals surface area contributed by atoms with Gasteiger partial charge in [0.2, 0.25) is 0 Å². The van der Waals surface area contributed by atoms with Crippen LogP contribution in [0.15, 0.2) is 35.2 Å². The maximum absolute atomic E-state index is 13.0. The molecule has 8 rings (SSSR count). The van der Waals surface area contributed by atoms with E-state index in [1.807, 2.05) is 18.2 Å². The summed E-state index contributed by atoms with van der Waals surface area (Å²) >= 11 is 4.06. The van der Waals surface area contributed by atoms with Crippen LogP contribution in [0.1, 0.15) is 0 Å². The van der Waals surface area contributed by atoms with Crippen LogP contribution in [0, 0.1) is 40.9 Å². The van der Waals surface area contributed by atoms with Gasteiger partial charge >= 0.3 is 0 Å². The number of sulfone groups is 1. The highest BCUT2D eigenvalue weighted by Gasteiger charge is 3.09. The summed E-state index contributed by atoms with van der Waals surface area (Å²) in [4.78, 5) is 0.465. The van der Waals surface area contributed by atoms with Crippen molar-refractivity contribution in [1.82, 2.24) is 0 Å². The molecule has 1 aromatic carbocycles. The molecule has 7 aliphatic rings. The van der Waals surface area contributed by atoms with Crippen LogP contribution < -0.4 is 0 Å². The first-order chi connectivity index (χ1) is 11.5. The third-order valence-electron chi connectivity index (χ3n) is 8.12. The van der Waals surface area contributed by atoms with Crippen molar-refractivity contribution in [1.29, 1.82) is 0 Å². The van der Waals surface area contributed by atoms with Crippen LogP contribution in [-0.2, 0) is 19.3 Å². The van der Waals surface area contributed by atoms with Crippen LogP contribution in [0.5, 0.6) is 0 Å². The standard InChI is InChI=1S/C18H17BrO4S/c19-17-12-10-11(12)16(8-24(20,21)9-4-2-1-3-5-9)14(15(16)17)13(10)18(17)22-6-7-23-18/h1-5,10-15H,6-8H2/t10-,11+,12-,13-,14+,15+,16-,17-/m0/s1. The van der Waals surface area contributed by atoms with E-state index in [0.717, 1.165) is 0 Å². The van der Waals surface area contributed by atoms with Crippen molar-refractivity contribution in [2.24, 2.45) is 40.9 Å². The van der Waals surface area contributed by atoms with Crippen LogP contribution in [0.2, 0.25) is 0 Å². The molecule has 24 heavy (non-hydrogen) atoms. The minimum Gasteiger partial charge on any atom is -0.346 e. The van der Waals surface area contributed by atoms with Crippen LogP contribution in [0.4, 0.5) is 0 Å². The zero-order chi connectivity index (χ0) is 16.1. The number of benzene rings is 1. The molecule has 0 amide bonds. The zero-order valence-corrected chi connectivity index (χ0v) is 15.3. The van der Waals surface area contributed by atoms with E-state index in [9.17, 15) is 8.42 Å².